The molecule has 0 bridgehead atoms. The van der Waals surface area contributed by atoms with E-state index >= 15 is 0 Å². The molecule has 0 heterocycles. The van der Waals surface area contributed by atoms with Crippen molar-refractivity contribution in [2.24, 2.45) is 5.92 Å². The molecule has 0 amide bonds. The van der Waals surface area contributed by atoms with Gasteiger partial charge >= 0.3 is 0 Å². The molecule has 0 radical (unpaired) electrons. The van der Waals surface area contributed by atoms with E-state index in [0.29, 0.717) is 25.6 Å². The van der Waals surface area contributed by atoms with Crippen LogP contribution < -0.4 is 5.32 Å². The van der Waals surface area contributed by atoms with Gasteiger partial charge in [0.15, 0.2) is 0 Å². The zero-order valence-corrected chi connectivity index (χ0v) is 14.7. The summed E-state index contributed by atoms with van der Waals surface area (Å²) in [5, 5.41) is 3.21. The largest absolute Gasteiger partial charge is 0.317 e. The number of hydrogen-bond acceptors (Lipinski definition) is 3. The first-order chi connectivity index (χ1) is 9.43. The van der Waals surface area contributed by atoms with Gasteiger partial charge in [-0.15, -0.1) is 0 Å². The molecule has 0 aliphatic rings. The predicted octanol–water partition coefficient (Wildman–Crippen LogP) is 1.92. The molecule has 0 aromatic carbocycles. The van der Waals surface area contributed by atoms with Crippen molar-refractivity contribution in [2.45, 2.75) is 47.0 Å². The third-order valence-electron chi connectivity index (χ3n) is 3.77. The van der Waals surface area contributed by atoms with Gasteiger partial charge in [0.1, 0.15) is 0 Å². The minimum absolute atomic E-state index is 0.444. The van der Waals surface area contributed by atoms with Gasteiger partial charge in [0.05, 0.1) is 0 Å². The van der Waals surface area contributed by atoms with Crippen molar-refractivity contribution < 1.29 is 8.42 Å². The van der Waals surface area contributed by atoms with Crippen LogP contribution in [-0.4, -0.2) is 56.8 Å². The molecule has 0 fully saturated rings. The Morgan fingerprint density at radius 3 is 2.15 bits per heavy atom. The van der Waals surface area contributed by atoms with E-state index < -0.39 is 10.2 Å². The Labute approximate surface area is 125 Å². The van der Waals surface area contributed by atoms with Crippen molar-refractivity contribution in [3.05, 3.63) is 0 Å². The number of nitrogens with zero attached hydrogens (tertiary/aromatic N) is 2. The highest BCUT2D eigenvalue weighted by atomic mass is 32.2. The highest BCUT2D eigenvalue weighted by Gasteiger charge is 2.26. The fourth-order valence-electron chi connectivity index (χ4n) is 2.14. The Kier molecular flexibility index (Phi) is 10.5. The average molecular weight is 308 g/mol. The van der Waals surface area contributed by atoms with Crippen LogP contribution >= 0.6 is 0 Å². The highest BCUT2D eigenvalue weighted by molar-refractivity contribution is 7.86. The van der Waals surface area contributed by atoms with E-state index in [1.807, 2.05) is 6.92 Å². The van der Waals surface area contributed by atoms with E-state index in [-0.39, 0.29) is 0 Å². The van der Waals surface area contributed by atoms with Crippen LogP contribution in [0.15, 0.2) is 0 Å². The Hall–Kier alpha value is -0.170. The minimum atomic E-state index is -3.31. The van der Waals surface area contributed by atoms with Crippen molar-refractivity contribution in [1.82, 2.24) is 13.9 Å². The summed E-state index contributed by atoms with van der Waals surface area (Å²) in [6, 6.07) is 0. The molecule has 0 aromatic rings. The van der Waals surface area contributed by atoms with Gasteiger partial charge in [0.25, 0.3) is 10.2 Å². The lowest BCUT2D eigenvalue weighted by Crippen LogP contribution is -2.44. The zero-order chi connectivity index (χ0) is 15.6. The average Bonchev–Trinajstić information content (AvgIpc) is 2.44. The standard InChI is InChI=1S/C14H33N3O2S/c1-6-14(7-2)13-17(9-4)20(18,19)16(5)12-10-11-15-8-3/h14-15H,6-13H2,1-5H3. The lowest BCUT2D eigenvalue weighted by molar-refractivity contribution is 0.312. The SMILES string of the molecule is CCNCCCN(C)S(=O)(=O)N(CC)CC(CC)CC. The molecule has 0 spiro atoms. The molecule has 0 aliphatic carbocycles. The van der Waals surface area contributed by atoms with Crippen molar-refractivity contribution >= 4 is 10.2 Å². The normalized spacial score (nSPS) is 12.8. The second-order valence-electron chi connectivity index (χ2n) is 5.17. The summed E-state index contributed by atoms with van der Waals surface area (Å²) in [4.78, 5) is 0. The first-order valence-electron chi connectivity index (χ1n) is 7.85. The van der Waals surface area contributed by atoms with E-state index in [2.05, 4.69) is 26.1 Å². The van der Waals surface area contributed by atoms with Gasteiger partial charge in [-0.1, -0.05) is 40.5 Å². The zero-order valence-electron chi connectivity index (χ0n) is 13.9. The smallest absolute Gasteiger partial charge is 0.281 e. The van der Waals surface area contributed by atoms with E-state index in [0.717, 1.165) is 32.4 Å². The predicted molar refractivity (Wildman–Crippen MR) is 86.0 cm³/mol. The van der Waals surface area contributed by atoms with Crippen molar-refractivity contribution in [1.29, 1.82) is 0 Å². The van der Waals surface area contributed by atoms with Crippen LogP contribution in [0.25, 0.3) is 0 Å². The van der Waals surface area contributed by atoms with Gasteiger partial charge in [-0.2, -0.15) is 17.0 Å². The van der Waals surface area contributed by atoms with Gasteiger partial charge in [-0.05, 0) is 25.4 Å². The second-order valence-corrected chi connectivity index (χ2v) is 7.20. The maximum atomic E-state index is 12.5. The molecule has 0 aliphatic heterocycles. The third kappa shape index (κ3) is 6.52. The lowest BCUT2D eigenvalue weighted by Gasteiger charge is -2.29. The quantitative estimate of drug-likeness (QED) is 0.561. The van der Waals surface area contributed by atoms with Crippen LogP contribution in [0, 0.1) is 5.92 Å². The summed E-state index contributed by atoms with van der Waals surface area (Å²) < 4.78 is 28.1. The van der Waals surface area contributed by atoms with E-state index in [1.165, 1.54) is 4.31 Å². The summed E-state index contributed by atoms with van der Waals surface area (Å²) in [7, 11) is -1.64. The third-order valence-corrected chi connectivity index (χ3v) is 5.80. The lowest BCUT2D eigenvalue weighted by atomic mass is 10.0. The molecule has 0 unspecified atom stereocenters. The van der Waals surface area contributed by atoms with E-state index in [1.54, 1.807) is 11.4 Å². The molecule has 6 heteroatoms. The summed E-state index contributed by atoms with van der Waals surface area (Å²) >= 11 is 0. The van der Waals surface area contributed by atoms with Gasteiger partial charge in [-0.3, -0.25) is 0 Å². The molecule has 0 atom stereocenters. The summed E-state index contributed by atoms with van der Waals surface area (Å²) in [5.41, 5.74) is 0. The first-order valence-corrected chi connectivity index (χ1v) is 9.25. The van der Waals surface area contributed by atoms with Crippen LogP contribution in [0.4, 0.5) is 0 Å². The molecule has 0 saturated carbocycles. The summed E-state index contributed by atoms with van der Waals surface area (Å²) in [6.07, 6.45) is 2.88. The summed E-state index contributed by atoms with van der Waals surface area (Å²) in [5.74, 6) is 0.444. The molecular formula is C14H33N3O2S. The van der Waals surface area contributed by atoms with Gasteiger partial charge in [-0.25, -0.2) is 0 Å². The first kappa shape index (κ1) is 19.8. The van der Waals surface area contributed by atoms with Crippen molar-refractivity contribution in [3.63, 3.8) is 0 Å². The molecule has 0 aromatic heterocycles. The Morgan fingerprint density at radius 2 is 1.70 bits per heavy atom. The van der Waals surface area contributed by atoms with Gasteiger partial charge < -0.3 is 5.32 Å². The number of nitrogens with one attached hydrogen (secondary N) is 1. The maximum Gasteiger partial charge on any atom is 0.281 e. The molecular weight excluding hydrogens is 274 g/mol. The highest BCUT2D eigenvalue weighted by Crippen LogP contribution is 2.14. The second kappa shape index (κ2) is 10.5. The summed E-state index contributed by atoms with van der Waals surface area (Å²) in [6.45, 7) is 11.7. The van der Waals surface area contributed by atoms with Crippen molar-refractivity contribution in [2.75, 3.05) is 39.8 Å². The Balaban J connectivity index is 4.54. The van der Waals surface area contributed by atoms with Gasteiger partial charge in [0.2, 0.25) is 0 Å². The minimum Gasteiger partial charge on any atom is -0.317 e. The van der Waals surface area contributed by atoms with Crippen LogP contribution in [0.5, 0.6) is 0 Å². The molecule has 5 nitrogen and oxygen atoms in total. The van der Waals surface area contributed by atoms with E-state index in [4.69, 9.17) is 0 Å². The molecule has 0 saturated heterocycles. The monoisotopic (exact) mass is 307 g/mol. The topological polar surface area (TPSA) is 52.7 Å². The fraction of sp³-hybridized carbons (Fsp3) is 1.00. The van der Waals surface area contributed by atoms with Crippen LogP contribution in [0.2, 0.25) is 0 Å². The Morgan fingerprint density at radius 1 is 1.10 bits per heavy atom. The van der Waals surface area contributed by atoms with Crippen LogP contribution in [-0.2, 0) is 10.2 Å². The molecule has 0 rings (SSSR count). The number of hydrogen-bond donors (Lipinski definition) is 1. The molecule has 20 heavy (non-hydrogen) atoms. The maximum absolute atomic E-state index is 12.5. The van der Waals surface area contributed by atoms with Gasteiger partial charge in [0, 0.05) is 26.7 Å². The fourth-order valence-corrected chi connectivity index (χ4v) is 3.62. The molecule has 1 N–H and O–H groups in total. The van der Waals surface area contributed by atoms with Crippen LogP contribution in [0.3, 0.4) is 0 Å². The Bertz CT molecular complexity index is 329. The van der Waals surface area contributed by atoms with E-state index in [9.17, 15) is 8.42 Å². The van der Waals surface area contributed by atoms with Crippen molar-refractivity contribution in [3.8, 4) is 0 Å². The molecule has 122 valence electrons. The van der Waals surface area contributed by atoms with Crippen LogP contribution in [0.1, 0.15) is 47.0 Å². The number of rotatable bonds is 12.